The van der Waals surface area contributed by atoms with Crippen LogP contribution in [0.5, 0.6) is 0 Å². The van der Waals surface area contributed by atoms with Gasteiger partial charge in [-0.1, -0.05) is 12.1 Å². The number of carbonyl (C=O) groups excluding carboxylic acids is 1. The predicted molar refractivity (Wildman–Crippen MR) is 64.5 cm³/mol. The molecule has 0 saturated heterocycles. The second-order valence-electron chi connectivity index (χ2n) is 4.12. The van der Waals surface area contributed by atoms with E-state index in [9.17, 15) is 18.0 Å². The Hall–Kier alpha value is -1.60. The molecule has 1 atom stereocenters. The number of anilines is 1. The van der Waals surface area contributed by atoms with Crippen LogP contribution in [0.15, 0.2) is 24.3 Å². The first-order valence-electron chi connectivity index (χ1n) is 5.64. The molecule has 3 N–H and O–H groups in total. The Labute approximate surface area is 108 Å². The highest BCUT2D eigenvalue weighted by molar-refractivity contribution is 5.94. The Morgan fingerprint density at radius 1 is 1.42 bits per heavy atom. The molecule has 4 nitrogen and oxygen atoms in total. The summed E-state index contributed by atoms with van der Waals surface area (Å²) in [6.07, 6.45) is -4.90. The van der Waals surface area contributed by atoms with E-state index in [1.54, 1.807) is 24.4 Å². The van der Waals surface area contributed by atoms with Gasteiger partial charge in [-0.05, 0) is 24.6 Å². The quantitative estimate of drug-likeness (QED) is 0.766. The van der Waals surface area contributed by atoms with Gasteiger partial charge in [0.05, 0.1) is 6.61 Å². The summed E-state index contributed by atoms with van der Waals surface area (Å²) in [5.74, 6) is -2.00. The summed E-state index contributed by atoms with van der Waals surface area (Å²) >= 11 is 0. The van der Waals surface area contributed by atoms with Crippen LogP contribution in [-0.2, 0) is 11.3 Å². The molecule has 1 aromatic rings. The lowest BCUT2D eigenvalue weighted by Gasteiger charge is -2.12. The molecule has 19 heavy (non-hydrogen) atoms. The Balaban J connectivity index is 2.64. The Bertz CT molecular complexity index is 435. The summed E-state index contributed by atoms with van der Waals surface area (Å²) in [6, 6.07) is 5.96. The lowest BCUT2D eigenvalue weighted by Crippen LogP contribution is -2.30. The van der Waals surface area contributed by atoms with E-state index in [2.05, 4.69) is 5.32 Å². The van der Waals surface area contributed by atoms with Crippen molar-refractivity contribution in [3.8, 4) is 0 Å². The Morgan fingerprint density at radius 2 is 2.11 bits per heavy atom. The van der Waals surface area contributed by atoms with Gasteiger partial charge in [0.15, 0.2) is 0 Å². The van der Waals surface area contributed by atoms with Crippen LogP contribution in [0.3, 0.4) is 0 Å². The first-order chi connectivity index (χ1) is 8.82. The van der Waals surface area contributed by atoms with Gasteiger partial charge >= 0.3 is 12.1 Å². The van der Waals surface area contributed by atoms with Gasteiger partial charge in [0, 0.05) is 18.3 Å². The minimum absolute atomic E-state index is 0.0372. The molecule has 0 aliphatic rings. The zero-order valence-electron chi connectivity index (χ0n) is 10.3. The van der Waals surface area contributed by atoms with E-state index < -0.39 is 12.1 Å². The smallest absolute Gasteiger partial charge is 0.395 e. The number of alkyl halides is 3. The van der Waals surface area contributed by atoms with E-state index >= 15 is 0 Å². The highest BCUT2D eigenvalue weighted by Gasteiger charge is 2.38. The molecule has 106 valence electrons. The highest BCUT2D eigenvalue weighted by atomic mass is 19.4. The van der Waals surface area contributed by atoms with Crippen molar-refractivity contribution in [1.82, 2.24) is 5.32 Å². The Morgan fingerprint density at radius 3 is 2.68 bits per heavy atom. The van der Waals surface area contributed by atoms with Gasteiger partial charge < -0.3 is 15.7 Å². The van der Waals surface area contributed by atoms with E-state index in [0.29, 0.717) is 12.1 Å². The molecule has 0 aromatic heterocycles. The maximum atomic E-state index is 12.1. The van der Waals surface area contributed by atoms with E-state index in [1.807, 2.05) is 0 Å². The van der Waals surface area contributed by atoms with E-state index in [4.69, 9.17) is 5.11 Å². The van der Waals surface area contributed by atoms with Gasteiger partial charge in [-0.25, -0.2) is 0 Å². The van der Waals surface area contributed by atoms with Crippen LogP contribution in [0.25, 0.3) is 0 Å². The summed E-state index contributed by atoms with van der Waals surface area (Å²) in [7, 11) is 0. The summed E-state index contributed by atoms with van der Waals surface area (Å²) in [6.45, 7) is 2.12. The van der Waals surface area contributed by atoms with Gasteiger partial charge in [0.1, 0.15) is 0 Å². The first-order valence-corrected chi connectivity index (χ1v) is 5.64. The molecule has 0 aliphatic carbocycles. The van der Waals surface area contributed by atoms with Crippen molar-refractivity contribution in [2.24, 2.45) is 0 Å². The van der Waals surface area contributed by atoms with Crippen LogP contribution in [0.2, 0.25) is 0 Å². The van der Waals surface area contributed by atoms with Crippen molar-refractivity contribution in [2.45, 2.75) is 25.7 Å². The van der Waals surface area contributed by atoms with Crippen molar-refractivity contribution in [3.05, 3.63) is 29.8 Å². The number of benzene rings is 1. The molecule has 7 heteroatoms. The van der Waals surface area contributed by atoms with Crippen LogP contribution in [-0.4, -0.2) is 29.8 Å². The molecular weight excluding hydrogens is 261 g/mol. The maximum Gasteiger partial charge on any atom is 0.471 e. The molecule has 0 fully saturated rings. The number of carbonyl (C=O) groups is 1. The highest BCUT2D eigenvalue weighted by Crippen LogP contribution is 2.18. The number of hydrogen-bond donors (Lipinski definition) is 3. The van der Waals surface area contributed by atoms with E-state index in [1.165, 1.54) is 12.1 Å². The van der Waals surface area contributed by atoms with Gasteiger partial charge in [-0.3, -0.25) is 4.79 Å². The third kappa shape index (κ3) is 5.27. The van der Waals surface area contributed by atoms with Crippen LogP contribution in [0.1, 0.15) is 12.5 Å². The van der Waals surface area contributed by atoms with Gasteiger partial charge in [-0.2, -0.15) is 13.2 Å². The molecule has 0 spiro atoms. The van der Waals surface area contributed by atoms with Crippen molar-refractivity contribution in [1.29, 1.82) is 0 Å². The molecule has 0 aliphatic heterocycles. The fourth-order valence-corrected chi connectivity index (χ4v) is 1.32. The second kappa shape index (κ2) is 6.53. The SMILES string of the molecule is C[C@H](CO)NCc1cccc(NC(=O)C(F)(F)F)c1. The number of rotatable bonds is 5. The lowest BCUT2D eigenvalue weighted by molar-refractivity contribution is -0.167. The van der Waals surface area contributed by atoms with Crippen molar-refractivity contribution < 1.29 is 23.1 Å². The van der Waals surface area contributed by atoms with E-state index in [-0.39, 0.29) is 18.3 Å². The van der Waals surface area contributed by atoms with Crippen molar-refractivity contribution in [3.63, 3.8) is 0 Å². The molecule has 0 heterocycles. The van der Waals surface area contributed by atoms with Crippen LogP contribution < -0.4 is 10.6 Å². The summed E-state index contributed by atoms with van der Waals surface area (Å²) in [4.78, 5) is 10.8. The largest absolute Gasteiger partial charge is 0.471 e. The number of aliphatic hydroxyl groups is 1. The molecule has 1 amide bonds. The first kappa shape index (κ1) is 15.5. The summed E-state index contributed by atoms with van der Waals surface area (Å²) in [5.41, 5.74) is 0.790. The molecule has 0 bridgehead atoms. The lowest BCUT2D eigenvalue weighted by atomic mass is 10.2. The van der Waals surface area contributed by atoms with Gasteiger partial charge in [0.2, 0.25) is 0 Å². The summed E-state index contributed by atoms with van der Waals surface area (Å²) < 4.78 is 36.2. The number of aliphatic hydroxyl groups excluding tert-OH is 1. The van der Waals surface area contributed by atoms with Crippen LogP contribution >= 0.6 is 0 Å². The van der Waals surface area contributed by atoms with E-state index in [0.717, 1.165) is 0 Å². The molecule has 1 rings (SSSR count). The standard InChI is InChI=1S/C12H15F3N2O2/c1-8(7-18)16-6-9-3-2-4-10(5-9)17-11(19)12(13,14)15/h2-5,8,16,18H,6-7H2,1H3,(H,17,19)/t8-/m1/s1. The minimum atomic E-state index is -4.90. The molecule has 0 saturated carbocycles. The molecule has 0 unspecified atom stereocenters. The predicted octanol–water partition coefficient (Wildman–Crippen LogP) is 1.66. The third-order valence-corrected chi connectivity index (χ3v) is 2.37. The van der Waals surface area contributed by atoms with Gasteiger partial charge in [0.25, 0.3) is 0 Å². The maximum absolute atomic E-state index is 12.1. The average molecular weight is 276 g/mol. The number of hydrogen-bond acceptors (Lipinski definition) is 3. The molecule has 1 aromatic carbocycles. The summed E-state index contributed by atoms with van der Waals surface area (Å²) in [5, 5.41) is 13.6. The second-order valence-corrected chi connectivity index (χ2v) is 4.12. The average Bonchev–Trinajstić information content (AvgIpc) is 2.35. The molecule has 0 radical (unpaired) electrons. The van der Waals surface area contributed by atoms with Crippen LogP contribution in [0, 0.1) is 0 Å². The van der Waals surface area contributed by atoms with Crippen molar-refractivity contribution in [2.75, 3.05) is 11.9 Å². The molecular formula is C12H15F3N2O2. The third-order valence-electron chi connectivity index (χ3n) is 2.37. The Kier molecular flexibility index (Phi) is 5.31. The monoisotopic (exact) mass is 276 g/mol. The fraction of sp³-hybridized carbons (Fsp3) is 0.417. The van der Waals surface area contributed by atoms with Crippen LogP contribution in [0.4, 0.5) is 18.9 Å². The van der Waals surface area contributed by atoms with Crippen molar-refractivity contribution >= 4 is 11.6 Å². The number of halogens is 3. The topological polar surface area (TPSA) is 61.4 Å². The van der Waals surface area contributed by atoms with Gasteiger partial charge in [-0.15, -0.1) is 0 Å². The number of amides is 1. The number of nitrogens with one attached hydrogen (secondary N) is 2. The minimum Gasteiger partial charge on any atom is -0.395 e. The normalized spacial score (nSPS) is 13.1. The zero-order valence-corrected chi connectivity index (χ0v) is 10.3. The zero-order chi connectivity index (χ0) is 14.5. The fourth-order valence-electron chi connectivity index (χ4n) is 1.32.